The van der Waals surface area contributed by atoms with Gasteiger partial charge < -0.3 is 42.3 Å². The lowest BCUT2D eigenvalue weighted by molar-refractivity contribution is -0.0239. The fraction of sp³-hybridized carbons (Fsp3) is 0.300. The summed E-state index contributed by atoms with van der Waals surface area (Å²) < 4.78 is 51.6. The molecule has 0 spiro atoms. The summed E-state index contributed by atoms with van der Waals surface area (Å²) in [6, 6.07) is 14.1. The Morgan fingerprint density at radius 3 is 2.17 bits per heavy atom. The van der Waals surface area contributed by atoms with Gasteiger partial charge in [0.05, 0.1) is 42.2 Å². The van der Waals surface area contributed by atoms with Gasteiger partial charge in [-0.1, -0.05) is 6.07 Å². The fourth-order valence-electron chi connectivity index (χ4n) is 4.77. The highest BCUT2D eigenvalue weighted by atomic mass is 16.6. The molecule has 0 saturated carbocycles. The van der Waals surface area contributed by atoms with E-state index >= 15 is 0 Å². The molecule has 0 saturated heterocycles. The van der Waals surface area contributed by atoms with Crippen LogP contribution in [0.1, 0.15) is 11.7 Å². The molecule has 0 aliphatic carbocycles. The van der Waals surface area contributed by atoms with Crippen LogP contribution in [0, 0.1) is 0 Å². The van der Waals surface area contributed by atoms with Gasteiger partial charge >= 0.3 is 0 Å². The van der Waals surface area contributed by atoms with Crippen molar-refractivity contribution in [3.05, 3.63) is 64.3 Å². The number of ether oxygens (including phenoxy) is 8. The molecule has 3 aromatic carbocycles. The molecule has 0 fully saturated rings. The monoisotopic (exact) mass is 550 g/mol. The first kappa shape index (κ1) is 27.0. The van der Waals surface area contributed by atoms with Gasteiger partial charge in [0.2, 0.25) is 11.2 Å². The molecule has 5 rings (SSSR count). The van der Waals surface area contributed by atoms with Crippen LogP contribution in [0.5, 0.6) is 40.2 Å². The Labute approximate surface area is 230 Å². The van der Waals surface area contributed by atoms with Crippen molar-refractivity contribution < 1.29 is 42.3 Å². The number of methoxy groups -OCH3 is 6. The van der Waals surface area contributed by atoms with Crippen LogP contribution in [0.15, 0.2) is 57.7 Å². The van der Waals surface area contributed by atoms with Crippen molar-refractivity contribution in [2.45, 2.75) is 12.2 Å². The minimum atomic E-state index is -0.526. The number of hydrogen-bond donors (Lipinski definition) is 0. The molecular weight excluding hydrogens is 520 g/mol. The fourth-order valence-corrected chi connectivity index (χ4v) is 4.77. The predicted octanol–water partition coefficient (Wildman–Crippen LogP) is 5.03. The highest BCUT2D eigenvalue weighted by molar-refractivity contribution is 5.88. The third kappa shape index (κ3) is 4.71. The molecule has 1 aliphatic heterocycles. The van der Waals surface area contributed by atoms with Gasteiger partial charge in [0.25, 0.3) is 0 Å². The summed E-state index contributed by atoms with van der Waals surface area (Å²) >= 11 is 0. The highest BCUT2D eigenvalue weighted by Crippen LogP contribution is 2.45. The van der Waals surface area contributed by atoms with E-state index in [9.17, 15) is 4.79 Å². The SMILES string of the molecule is COCC1Oc2ccc(-c3oc4cc(OC)cc(OC)c4c(=O)c3OC)cc2OC1c1ccc(OC)c(OC)c1. The van der Waals surface area contributed by atoms with Crippen molar-refractivity contribution in [1.82, 2.24) is 0 Å². The van der Waals surface area contributed by atoms with E-state index < -0.39 is 12.2 Å². The molecule has 2 unspecified atom stereocenters. The Morgan fingerprint density at radius 1 is 0.725 bits per heavy atom. The summed E-state index contributed by atoms with van der Waals surface area (Å²) in [6.45, 7) is 0.289. The van der Waals surface area contributed by atoms with E-state index in [1.54, 1.807) is 51.7 Å². The van der Waals surface area contributed by atoms with Crippen LogP contribution in [-0.2, 0) is 4.74 Å². The molecule has 1 aliphatic rings. The van der Waals surface area contributed by atoms with Gasteiger partial charge in [-0.15, -0.1) is 0 Å². The molecule has 4 aromatic rings. The summed E-state index contributed by atoms with van der Waals surface area (Å²) in [6.07, 6.45) is -0.962. The summed E-state index contributed by atoms with van der Waals surface area (Å²) in [4.78, 5) is 13.5. The van der Waals surface area contributed by atoms with Crippen molar-refractivity contribution in [1.29, 1.82) is 0 Å². The van der Waals surface area contributed by atoms with Gasteiger partial charge in [0.15, 0.2) is 41.0 Å². The van der Waals surface area contributed by atoms with Gasteiger partial charge in [-0.2, -0.15) is 0 Å². The lowest BCUT2D eigenvalue weighted by Gasteiger charge is -2.34. The molecule has 2 heterocycles. The molecular formula is C30H30O10. The van der Waals surface area contributed by atoms with Crippen LogP contribution in [0.4, 0.5) is 0 Å². The third-order valence-electron chi connectivity index (χ3n) is 6.69. The van der Waals surface area contributed by atoms with E-state index in [1.165, 1.54) is 21.3 Å². The number of fused-ring (bicyclic) bond motifs is 2. The number of rotatable bonds is 9. The van der Waals surface area contributed by atoms with Gasteiger partial charge in [0.1, 0.15) is 22.5 Å². The van der Waals surface area contributed by atoms with Crippen molar-refractivity contribution in [3.8, 4) is 51.6 Å². The van der Waals surface area contributed by atoms with E-state index in [1.807, 2.05) is 18.2 Å². The molecule has 0 amide bonds. The molecule has 10 heteroatoms. The predicted molar refractivity (Wildman–Crippen MR) is 147 cm³/mol. The quantitative estimate of drug-likeness (QED) is 0.282. The second kappa shape index (κ2) is 11.3. The molecule has 1 aromatic heterocycles. The third-order valence-corrected chi connectivity index (χ3v) is 6.69. The van der Waals surface area contributed by atoms with E-state index in [4.69, 9.17) is 42.3 Å². The first-order valence-corrected chi connectivity index (χ1v) is 12.4. The van der Waals surface area contributed by atoms with E-state index in [2.05, 4.69) is 0 Å². The molecule has 0 N–H and O–H groups in total. The van der Waals surface area contributed by atoms with Gasteiger partial charge in [-0.3, -0.25) is 4.79 Å². The van der Waals surface area contributed by atoms with Crippen LogP contribution in [0.3, 0.4) is 0 Å². The molecule has 10 nitrogen and oxygen atoms in total. The van der Waals surface area contributed by atoms with Gasteiger partial charge in [0, 0.05) is 30.4 Å². The van der Waals surface area contributed by atoms with E-state index in [-0.39, 0.29) is 34.5 Å². The Morgan fingerprint density at radius 2 is 1.50 bits per heavy atom. The van der Waals surface area contributed by atoms with Crippen LogP contribution in [-0.4, -0.2) is 55.4 Å². The summed E-state index contributed by atoms with van der Waals surface area (Å²) in [5.74, 6) is 3.19. The zero-order valence-corrected chi connectivity index (χ0v) is 23.1. The minimum Gasteiger partial charge on any atom is -0.496 e. The van der Waals surface area contributed by atoms with Gasteiger partial charge in [-0.25, -0.2) is 0 Å². The first-order valence-electron chi connectivity index (χ1n) is 12.4. The van der Waals surface area contributed by atoms with Crippen molar-refractivity contribution in [2.24, 2.45) is 0 Å². The summed E-state index contributed by atoms with van der Waals surface area (Å²) in [5.41, 5.74) is 1.27. The second-order valence-corrected chi connectivity index (χ2v) is 8.92. The van der Waals surface area contributed by atoms with Crippen LogP contribution >= 0.6 is 0 Å². The summed E-state index contributed by atoms with van der Waals surface area (Å²) in [5, 5.41) is 0.248. The Hall–Kier alpha value is -4.57. The van der Waals surface area contributed by atoms with E-state index in [0.29, 0.717) is 40.1 Å². The van der Waals surface area contributed by atoms with Crippen LogP contribution < -0.4 is 38.6 Å². The Bertz CT molecular complexity index is 1590. The zero-order chi connectivity index (χ0) is 28.4. The lowest BCUT2D eigenvalue weighted by atomic mass is 10.0. The van der Waals surface area contributed by atoms with Crippen LogP contribution in [0.25, 0.3) is 22.3 Å². The minimum absolute atomic E-state index is 0.0290. The maximum absolute atomic E-state index is 13.5. The van der Waals surface area contributed by atoms with E-state index in [0.717, 1.165) is 5.56 Å². The first-order chi connectivity index (χ1) is 19.5. The standard InChI is InChI=1S/C30H30O10/c1-32-15-25-28(16-7-9-19(34-3)21(11-16)35-4)39-22-12-17(8-10-20(22)38-25)29-30(37-6)27(31)26-23(36-5)13-18(33-2)14-24(26)40-29/h7-14,25,28H,15H2,1-6H3. The number of benzene rings is 3. The maximum atomic E-state index is 13.5. The smallest absolute Gasteiger partial charge is 0.239 e. The zero-order valence-electron chi connectivity index (χ0n) is 23.1. The average molecular weight is 551 g/mol. The lowest BCUT2D eigenvalue weighted by Crippen LogP contribution is -2.36. The molecule has 2 atom stereocenters. The molecule has 40 heavy (non-hydrogen) atoms. The second-order valence-electron chi connectivity index (χ2n) is 8.92. The molecule has 0 radical (unpaired) electrons. The normalized spacial score (nSPS) is 15.9. The average Bonchev–Trinajstić information content (AvgIpc) is 2.99. The van der Waals surface area contributed by atoms with Crippen molar-refractivity contribution in [2.75, 3.05) is 49.3 Å². The Kier molecular flexibility index (Phi) is 7.61. The topological polar surface area (TPSA) is 104 Å². The van der Waals surface area contributed by atoms with Crippen molar-refractivity contribution in [3.63, 3.8) is 0 Å². The largest absolute Gasteiger partial charge is 0.496 e. The summed E-state index contributed by atoms with van der Waals surface area (Å²) in [7, 11) is 9.17. The van der Waals surface area contributed by atoms with Crippen molar-refractivity contribution >= 4 is 11.0 Å². The number of hydrogen-bond acceptors (Lipinski definition) is 10. The molecule has 0 bridgehead atoms. The van der Waals surface area contributed by atoms with Crippen LogP contribution in [0.2, 0.25) is 0 Å². The highest BCUT2D eigenvalue weighted by Gasteiger charge is 2.34. The Balaban J connectivity index is 1.61. The molecule has 210 valence electrons. The maximum Gasteiger partial charge on any atom is 0.239 e. The van der Waals surface area contributed by atoms with Gasteiger partial charge in [-0.05, 0) is 30.3 Å².